The van der Waals surface area contributed by atoms with Crippen LogP contribution in [0.4, 0.5) is 8.78 Å². The Bertz CT molecular complexity index is 1150. The summed E-state index contributed by atoms with van der Waals surface area (Å²) < 4.78 is 49.1. The summed E-state index contributed by atoms with van der Waals surface area (Å²) in [5.74, 6) is 0.701. The van der Waals surface area contributed by atoms with Gasteiger partial charge in [-0.3, -0.25) is 9.20 Å². The first-order chi connectivity index (χ1) is 15.5. The zero-order chi connectivity index (χ0) is 22.2. The van der Waals surface area contributed by atoms with Crippen molar-refractivity contribution in [2.24, 2.45) is 5.92 Å². The largest absolute Gasteiger partial charge is 0.496 e. The van der Waals surface area contributed by atoms with Crippen molar-refractivity contribution in [1.29, 1.82) is 0 Å². The van der Waals surface area contributed by atoms with Gasteiger partial charge in [-0.05, 0) is 37.0 Å². The highest BCUT2D eigenvalue weighted by Crippen LogP contribution is 2.40. The van der Waals surface area contributed by atoms with E-state index in [1.807, 2.05) is 0 Å². The Hall–Kier alpha value is -3.20. The van der Waals surface area contributed by atoms with Crippen molar-refractivity contribution in [1.82, 2.24) is 9.38 Å². The van der Waals surface area contributed by atoms with Crippen molar-refractivity contribution in [2.45, 2.75) is 32.0 Å². The van der Waals surface area contributed by atoms with Gasteiger partial charge in [-0.1, -0.05) is 0 Å². The van der Waals surface area contributed by atoms with E-state index in [0.717, 1.165) is 12.8 Å². The Kier molecular flexibility index (Phi) is 5.42. The second-order valence-corrected chi connectivity index (χ2v) is 8.00. The molecule has 0 radical (unpaired) electrons. The minimum Gasteiger partial charge on any atom is -0.496 e. The molecule has 2 fully saturated rings. The molecule has 3 heterocycles. The number of ketones is 1. The summed E-state index contributed by atoms with van der Waals surface area (Å²) in [5, 5.41) is 0. The monoisotopic (exact) mass is 444 g/mol. The van der Waals surface area contributed by atoms with Crippen LogP contribution in [0, 0.1) is 5.92 Å². The predicted octanol–water partition coefficient (Wildman–Crippen LogP) is 4.37. The van der Waals surface area contributed by atoms with Crippen LogP contribution in [0.15, 0.2) is 36.7 Å². The van der Waals surface area contributed by atoms with Crippen LogP contribution in [-0.2, 0) is 4.74 Å². The predicted molar refractivity (Wildman–Crippen MR) is 111 cm³/mol. The lowest BCUT2D eigenvalue weighted by Gasteiger charge is -2.16. The fourth-order valence-electron chi connectivity index (χ4n) is 3.67. The molecule has 0 bridgehead atoms. The molecule has 7 nitrogen and oxygen atoms in total. The summed E-state index contributed by atoms with van der Waals surface area (Å²) in [6.07, 6.45) is 5.78. The van der Waals surface area contributed by atoms with Crippen molar-refractivity contribution in [2.75, 3.05) is 20.3 Å². The van der Waals surface area contributed by atoms with Gasteiger partial charge in [-0.25, -0.2) is 4.98 Å². The number of benzene rings is 1. The van der Waals surface area contributed by atoms with Crippen LogP contribution in [0.25, 0.3) is 16.9 Å². The van der Waals surface area contributed by atoms with Gasteiger partial charge in [-0.2, -0.15) is 8.78 Å². The van der Waals surface area contributed by atoms with Crippen molar-refractivity contribution >= 4 is 11.4 Å². The molecule has 9 heteroatoms. The van der Waals surface area contributed by atoms with Gasteiger partial charge < -0.3 is 18.9 Å². The van der Waals surface area contributed by atoms with E-state index >= 15 is 0 Å². The lowest BCUT2D eigenvalue weighted by Crippen LogP contribution is -2.11. The number of halogens is 2. The molecule has 2 aromatic heterocycles. The van der Waals surface area contributed by atoms with Crippen LogP contribution in [0.2, 0.25) is 0 Å². The van der Waals surface area contributed by atoms with Gasteiger partial charge in [0, 0.05) is 24.2 Å². The molecule has 0 spiro atoms. The summed E-state index contributed by atoms with van der Waals surface area (Å²) in [4.78, 5) is 17.2. The van der Waals surface area contributed by atoms with Gasteiger partial charge >= 0.3 is 6.61 Å². The molecule has 0 amide bonds. The van der Waals surface area contributed by atoms with Crippen LogP contribution < -0.4 is 14.2 Å². The van der Waals surface area contributed by atoms with E-state index < -0.39 is 6.61 Å². The van der Waals surface area contributed by atoms with E-state index in [1.165, 1.54) is 13.2 Å². The summed E-state index contributed by atoms with van der Waals surface area (Å²) in [6.45, 7) is -1.88. The molecule has 5 rings (SSSR count). The number of carbonyl (C=O) groups is 1. The Morgan fingerprint density at radius 1 is 1.28 bits per heavy atom. The van der Waals surface area contributed by atoms with Gasteiger partial charge in [0.05, 0.1) is 25.6 Å². The van der Waals surface area contributed by atoms with Crippen LogP contribution in [0.3, 0.4) is 0 Å². The van der Waals surface area contributed by atoms with Crippen molar-refractivity contribution in [3.8, 4) is 28.5 Å². The average molecular weight is 444 g/mol. The van der Waals surface area contributed by atoms with Crippen LogP contribution >= 0.6 is 0 Å². The van der Waals surface area contributed by atoms with E-state index in [9.17, 15) is 13.6 Å². The lowest BCUT2D eigenvalue weighted by molar-refractivity contribution is -0.0502. The molecule has 1 atom stereocenters. The van der Waals surface area contributed by atoms with E-state index in [4.69, 9.17) is 18.9 Å². The maximum absolute atomic E-state index is 13.2. The Balaban J connectivity index is 1.51. The highest BCUT2D eigenvalue weighted by Gasteiger charge is 2.30. The van der Waals surface area contributed by atoms with E-state index in [-0.39, 0.29) is 28.9 Å². The quantitative estimate of drug-likeness (QED) is 0.342. The maximum atomic E-state index is 13.2. The number of rotatable bonds is 10. The zero-order valence-corrected chi connectivity index (χ0v) is 17.4. The second-order valence-electron chi connectivity index (χ2n) is 8.00. The molecule has 32 heavy (non-hydrogen) atoms. The van der Waals surface area contributed by atoms with Gasteiger partial charge in [0.2, 0.25) is 0 Å². The van der Waals surface area contributed by atoms with E-state index in [2.05, 4.69) is 4.98 Å². The number of pyridine rings is 1. The smallest absolute Gasteiger partial charge is 0.387 e. The van der Waals surface area contributed by atoms with Crippen molar-refractivity contribution in [3.63, 3.8) is 0 Å². The number of methoxy groups -OCH3 is 1. The Morgan fingerprint density at radius 2 is 2.06 bits per heavy atom. The first-order valence-corrected chi connectivity index (χ1v) is 10.4. The molecular formula is C23H22F2N2O5. The molecule has 1 aliphatic carbocycles. The Labute approximate surface area is 182 Å². The third kappa shape index (κ3) is 4.38. The number of alkyl halides is 2. The minimum atomic E-state index is -3.07. The van der Waals surface area contributed by atoms with Crippen molar-refractivity contribution < 1.29 is 32.5 Å². The standard InChI is InChI=1S/C23H22F2N2O5/c1-29-19-7-14(8-20(32-23(24)25)22(19)18(28)6-13-2-3-13)17-10-26-21-9-15(4-5-27(17)21)30-11-16-12-31-16/h4-5,7-10,13,16,23H,2-3,6,11-12H2,1H3. The molecular weight excluding hydrogens is 422 g/mol. The van der Waals surface area contributed by atoms with Gasteiger partial charge in [-0.15, -0.1) is 0 Å². The molecule has 1 aliphatic heterocycles. The summed E-state index contributed by atoms with van der Waals surface area (Å²) in [6, 6.07) is 6.67. The summed E-state index contributed by atoms with van der Waals surface area (Å²) in [5.41, 5.74) is 1.84. The third-order valence-corrected chi connectivity index (χ3v) is 5.57. The molecule has 1 saturated heterocycles. The number of aromatic nitrogens is 2. The first-order valence-electron chi connectivity index (χ1n) is 10.4. The highest BCUT2D eigenvalue weighted by atomic mass is 19.3. The van der Waals surface area contributed by atoms with Crippen LogP contribution in [-0.4, -0.2) is 48.2 Å². The topological polar surface area (TPSA) is 74.6 Å². The van der Waals surface area contributed by atoms with Gasteiger partial charge in [0.15, 0.2) is 5.78 Å². The number of carbonyl (C=O) groups excluding carboxylic acids is 1. The third-order valence-electron chi connectivity index (χ3n) is 5.57. The fourth-order valence-corrected chi connectivity index (χ4v) is 3.67. The number of nitrogens with zero attached hydrogens (tertiary/aromatic N) is 2. The highest BCUT2D eigenvalue weighted by molar-refractivity contribution is 6.02. The normalized spacial score (nSPS) is 17.6. The number of ether oxygens (including phenoxy) is 4. The molecule has 0 N–H and O–H groups in total. The van der Waals surface area contributed by atoms with Gasteiger partial charge in [0.1, 0.15) is 41.2 Å². The summed E-state index contributed by atoms with van der Waals surface area (Å²) in [7, 11) is 1.40. The van der Waals surface area contributed by atoms with E-state index in [0.29, 0.717) is 48.2 Å². The molecule has 3 aromatic rings. The van der Waals surface area contributed by atoms with Crippen molar-refractivity contribution in [3.05, 3.63) is 42.2 Å². The molecule has 2 aliphatic rings. The number of hydrogen-bond acceptors (Lipinski definition) is 6. The minimum absolute atomic E-state index is 0.0512. The lowest BCUT2D eigenvalue weighted by atomic mass is 10.00. The van der Waals surface area contributed by atoms with Crippen LogP contribution in [0.1, 0.15) is 29.6 Å². The zero-order valence-electron chi connectivity index (χ0n) is 17.4. The number of epoxide rings is 1. The number of fused-ring (bicyclic) bond motifs is 1. The first kappa shape index (κ1) is 20.7. The average Bonchev–Trinajstić information content (AvgIpc) is 3.70. The molecule has 1 unspecified atom stereocenters. The SMILES string of the molecule is COc1cc(-c2cnc3cc(OCC4CO4)ccn23)cc(OC(F)F)c1C(=O)CC1CC1. The number of hydrogen-bond donors (Lipinski definition) is 0. The second kappa shape index (κ2) is 8.38. The van der Waals surface area contributed by atoms with Gasteiger partial charge in [0.25, 0.3) is 0 Å². The number of Topliss-reactive ketones (excluding diaryl/α,β-unsaturated/α-hetero) is 1. The number of imidazole rings is 1. The molecule has 1 aromatic carbocycles. The van der Waals surface area contributed by atoms with E-state index in [1.54, 1.807) is 35.0 Å². The molecule has 168 valence electrons. The summed E-state index contributed by atoms with van der Waals surface area (Å²) >= 11 is 0. The van der Waals surface area contributed by atoms with Crippen LogP contribution in [0.5, 0.6) is 17.2 Å². The Morgan fingerprint density at radius 3 is 2.75 bits per heavy atom. The molecule has 1 saturated carbocycles. The maximum Gasteiger partial charge on any atom is 0.387 e. The fraction of sp³-hybridized carbons (Fsp3) is 0.391.